The van der Waals surface area contributed by atoms with Crippen LogP contribution >= 0.6 is 23.2 Å². The van der Waals surface area contributed by atoms with Crippen molar-refractivity contribution in [1.82, 2.24) is 25.2 Å². The van der Waals surface area contributed by atoms with E-state index in [9.17, 15) is 4.79 Å². The molecular weight excluding hydrogens is 551 g/mol. The Kier molecular flexibility index (Phi) is 8.07. The summed E-state index contributed by atoms with van der Waals surface area (Å²) in [4.78, 5) is 29.7. The molecule has 3 aliphatic rings. The van der Waals surface area contributed by atoms with Crippen molar-refractivity contribution in [2.24, 2.45) is 11.8 Å². The van der Waals surface area contributed by atoms with Gasteiger partial charge < -0.3 is 20.1 Å². The lowest BCUT2D eigenvalue weighted by Gasteiger charge is -2.31. The molecular formula is C29H32Cl2N6O3. The molecule has 3 saturated heterocycles. The number of pyridine rings is 1. The summed E-state index contributed by atoms with van der Waals surface area (Å²) in [6, 6.07) is 9.77. The molecule has 9 nitrogen and oxygen atoms in total. The van der Waals surface area contributed by atoms with E-state index >= 15 is 0 Å². The Bertz CT molecular complexity index is 1350. The molecule has 2 atom stereocenters. The van der Waals surface area contributed by atoms with Crippen LogP contribution in [0.15, 0.2) is 42.7 Å². The fraction of sp³-hybridized carbons (Fsp3) is 0.448. The van der Waals surface area contributed by atoms with Crippen LogP contribution in [0, 0.1) is 11.8 Å². The Morgan fingerprint density at radius 3 is 2.48 bits per heavy atom. The number of carboxylic acid groups (broad SMARTS) is 1. The lowest BCUT2D eigenvalue weighted by atomic mass is 9.93. The van der Waals surface area contributed by atoms with Gasteiger partial charge in [0.15, 0.2) is 5.75 Å². The van der Waals surface area contributed by atoms with E-state index in [0.29, 0.717) is 45.9 Å². The van der Waals surface area contributed by atoms with Crippen molar-refractivity contribution in [1.29, 1.82) is 0 Å². The summed E-state index contributed by atoms with van der Waals surface area (Å²) in [7, 11) is 0. The normalized spacial score (nSPS) is 21.5. The van der Waals surface area contributed by atoms with E-state index in [0.717, 1.165) is 69.1 Å². The largest absolute Gasteiger partial charge is 0.481 e. The van der Waals surface area contributed by atoms with Gasteiger partial charge in [-0.3, -0.25) is 9.69 Å². The van der Waals surface area contributed by atoms with Crippen LogP contribution in [0.3, 0.4) is 0 Å². The van der Waals surface area contributed by atoms with Crippen molar-refractivity contribution < 1.29 is 14.6 Å². The molecule has 6 rings (SSSR count). The van der Waals surface area contributed by atoms with E-state index < -0.39 is 5.97 Å². The summed E-state index contributed by atoms with van der Waals surface area (Å²) in [5.41, 5.74) is 2.53. The number of likely N-dealkylation sites (tertiary alicyclic amines) is 1. The van der Waals surface area contributed by atoms with E-state index in [4.69, 9.17) is 38.0 Å². The number of piperidine rings is 1. The molecule has 11 heteroatoms. The fourth-order valence-electron chi connectivity index (χ4n) is 6.13. The number of halogens is 2. The molecule has 0 saturated carbocycles. The second-order valence-electron chi connectivity index (χ2n) is 11.0. The fourth-order valence-corrected chi connectivity index (χ4v) is 6.66. The number of nitrogens with one attached hydrogen (secondary N) is 1. The van der Waals surface area contributed by atoms with E-state index in [1.807, 2.05) is 24.3 Å². The van der Waals surface area contributed by atoms with E-state index in [-0.39, 0.29) is 12.3 Å². The molecule has 2 unspecified atom stereocenters. The Morgan fingerprint density at radius 1 is 1.00 bits per heavy atom. The second-order valence-corrected chi connectivity index (χ2v) is 11.8. The first-order chi connectivity index (χ1) is 19.4. The number of fused-ring (bicyclic) bond motifs is 1. The number of carbonyl (C=O) groups is 1. The highest BCUT2D eigenvalue weighted by atomic mass is 35.5. The van der Waals surface area contributed by atoms with Gasteiger partial charge in [0.25, 0.3) is 0 Å². The lowest BCUT2D eigenvalue weighted by molar-refractivity contribution is -0.138. The highest BCUT2D eigenvalue weighted by Gasteiger charge is 2.38. The van der Waals surface area contributed by atoms with Crippen LogP contribution in [0.4, 0.5) is 5.95 Å². The molecule has 0 aliphatic carbocycles. The Morgan fingerprint density at radius 2 is 1.75 bits per heavy atom. The molecule has 210 valence electrons. The maximum absolute atomic E-state index is 11.1. The van der Waals surface area contributed by atoms with Gasteiger partial charge >= 0.3 is 5.97 Å². The number of aromatic nitrogens is 3. The van der Waals surface area contributed by atoms with E-state index in [1.54, 1.807) is 18.5 Å². The first-order valence-corrected chi connectivity index (χ1v) is 14.5. The van der Waals surface area contributed by atoms with Crippen molar-refractivity contribution in [3.05, 3.63) is 58.3 Å². The number of carboxylic acids is 1. The summed E-state index contributed by atoms with van der Waals surface area (Å²) >= 11 is 12.6. The first-order valence-electron chi connectivity index (χ1n) is 13.8. The average Bonchev–Trinajstić information content (AvgIpc) is 3.54. The highest BCUT2D eigenvalue weighted by Crippen LogP contribution is 2.33. The topological polar surface area (TPSA) is 104 Å². The van der Waals surface area contributed by atoms with Gasteiger partial charge in [-0.1, -0.05) is 23.2 Å². The van der Waals surface area contributed by atoms with Crippen molar-refractivity contribution in [3.63, 3.8) is 0 Å². The van der Waals surface area contributed by atoms with Gasteiger partial charge in [-0.05, 0) is 74.0 Å². The van der Waals surface area contributed by atoms with Crippen LogP contribution in [-0.2, 0) is 11.3 Å². The van der Waals surface area contributed by atoms with Crippen molar-refractivity contribution in [2.45, 2.75) is 38.3 Å². The summed E-state index contributed by atoms with van der Waals surface area (Å²) < 4.78 is 6.18. The average molecular weight is 584 g/mol. The van der Waals surface area contributed by atoms with Gasteiger partial charge in [-0.2, -0.15) is 0 Å². The number of nitrogens with zero attached hydrogens (tertiary/aromatic N) is 5. The quantitative estimate of drug-likeness (QED) is 0.374. The van der Waals surface area contributed by atoms with E-state index in [2.05, 4.69) is 25.1 Å². The lowest BCUT2D eigenvalue weighted by Crippen LogP contribution is -2.35. The molecule has 0 amide bonds. The zero-order chi connectivity index (χ0) is 27.6. The molecule has 40 heavy (non-hydrogen) atoms. The molecule has 2 N–H and O–H groups in total. The number of anilines is 1. The minimum absolute atomic E-state index is 0.230. The number of hydrogen-bond donors (Lipinski definition) is 2. The van der Waals surface area contributed by atoms with Crippen LogP contribution in [0.2, 0.25) is 10.0 Å². The zero-order valence-corrected chi connectivity index (χ0v) is 23.6. The molecule has 5 heterocycles. The molecule has 3 aromatic rings. The van der Waals surface area contributed by atoms with Crippen LogP contribution in [0.25, 0.3) is 11.3 Å². The van der Waals surface area contributed by atoms with Crippen LogP contribution in [-0.4, -0.2) is 69.7 Å². The monoisotopic (exact) mass is 582 g/mol. The third-order valence-electron chi connectivity index (χ3n) is 8.14. The first kappa shape index (κ1) is 27.2. The Balaban J connectivity index is 1.21. The molecule has 3 fully saturated rings. The molecule has 0 bridgehead atoms. The van der Waals surface area contributed by atoms with Crippen LogP contribution < -0.4 is 15.0 Å². The third kappa shape index (κ3) is 6.33. The number of hydrogen-bond acceptors (Lipinski definition) is 8. The summed E-state index contributed by atoms with van der Waals surface area (Å²) in [5.74, 6) is 1.84. The van der Waals surface area contributed by atoms with Gasteiger partial charge in [0.05, 0.1) is 18.1 Å². The zero-order valence-electron chi connectivity index (χ0n) is 22.1. The predicted molar refractivity (Wildman–Crippen MR) is 154 cm³/mol. The Hall–Kier alpha value is -2.98. The maximum Gasteiger partial charge on any atom is 0.303 e. The van der Waals surface area contributed by atoms with Crippen molar-refractivity contribution >= 4 is 35.1 Å². The van der Waals surface area contributed by atoms with Gasteiger partial charge in [0.2, 0.25) is 11.8 Å². The standard InChI is InChI=1S/C29H32Cl2N6O3/c30-22-10-21(11-23(31)12-22)25-7-19(17-36-4-1-18(2-5-36)9-28(38)39)8-27(35-25)40-24-14-33-29(34-15-24)37-6-3-20-13-32-16-26(20)37/h7-8,10-12,14-15,18,20,26,32H,1-6,9,13,16-17H2,(H,38,39). The predicted octanol–water partition coefficient (Wildman–Crippen LogP) is 5.12. The number of ether oxygens (including phenoxy) is 1. The molecule has 2 aromatic heterocycles. The molecule has 0 radical (unpaired) electrons. The second kappa shape index (κ2) is 11.9. The van der Waals surface area contributed by atoms with Crippen LogP contribution in [0.1, 0.15) is 31.2 Å². The van der Waals surface area contributed by atoms with Gasteiger partial charge in [0, 0.05) is 60.3 Å². The summed E-state index contributed by atoms with van der Waals surface area (Å²) in [6.07, 6.45) is 6.54. The van der Waals surface area contributed by atoms with Crippen LogP contribution in [0.5, 0.6) is 11.6 Å². The van der Waals surface area contributed by atoms with Crippen molar-refractivity contribution in [2.75, 3.05) is 37.6 Å². The minimum atomic E-state index is -0.726. The van der Waals surface area contributed by atoms with Gasteiger partial charge in [0.1, 0.15) is 0 Å². The SMILES string of the molecule is O=C(O)CC1CCN(Cc2cc(Oc3cnc(N4CCC5CNCC54)nc3)nc(-c3cc(Cl)cc(Cl)c3)c2)CC1. The summed E-state index contributed by atoms with van der Waals surface area (Å²) in [6.45, 7) is 5.39. The Labute approximate surface area is 243 Å². The maximum atomic E-state index is 11.1. The smallest absolute Gasteiger partial charge is 0.303 e. The summed E-state index contributed by atoms with van der Waals surface area (Å²) in [5, 5.41) is 13.7. The van der Waals surface area contributed by atoms with Crippen molar-refractivity contribution in [3.8, 4) is 22.9 Å². The third-order valence-corrected chi connectivity index (χ3v) is 8.57. The molecule has 3 aliphatic heterocycles. The molecule has 1 aromatic carbocycles. The van der Waals surface area contributed by atoms with E-state index in [1.165, 1.54) is 0 Å². The minimum Gasteiger partial charge on any atom is -0.481 e. The van der Waals surface area contributed by atoms with Gasteiger partial charge in [-0.15, -0.1) is 0 Å². The van der Waals surface area contributed by atoms with Gasteiger partial charge in [-0.25, -0.2) is 15.0 Å². The number of rotatable bonds is 8. The highest BCUT2D eigenvalue weighted by molar-refractivity contribution is 6.35. The number of aliphatic carboxylic acids is 1. The molecule has 0 spiro atoms. The number of benzene rings is 1.